The van der Waals surface area contributed by atoms with E-state index in [1.165, 1.54) is 33.4 Å². The van der Waals surface area contributed by atoms with Crippen LogP contribution in [0.2, 0.25) is 0 Å². The molecule has 0 spiro atoms. The Hall–Kier alpha value is -0.796. The van der Waals surface area contributed by atoms with Gasteiger partial charge in [-0.25, -0.2) is 0 Å². The summed E-state index contributed by atoms with van der Waals surface area (Å²) in [6, 6.07) is 10.3. The molecule has 1 radical (unpaired) electrons. The first-order valence-corrected chi connectivity index (χ1v) is 11.3. The van der Waals surface area contributed by atoms with Crippen LogP contribution in [-0.2, 0) is 39.3 Å². The van der Waals surface area contributed by atoms with Crippen LogP contribution in [0.15, 0.2) is 30.3 Å². The number of hydrogen-bond acceptors (Lipinski definition) is 2. The molecule has 0 saturated carbocycles. The summed E-state index contributed by atoms with van der Waals surface area (Å²) < 4.78 is 0. The van der Waals surface area contributed by atoms with Gasteiger partial charge in [0.1, 0.15) is 0 Å². The molecule has 2 nitrogen and oxygen atoms in total. The Bertz CT molecular complexity index is 660. The summed E-state index contributed by atoms with van der Waals surface area (Å²) in [5, 5.41) is 9.53. The molecule has 0 amide bonds. The summed E-state index contributed by atoms with van der Waals surface area (Å²) in [6.07, 6.45) is 4.33. The van der Waals surface area contributed by atoms with Gasteiger partial charge in [0.05, 0.1) is 6.61 Å². The van der Waals surface area contributed by atoms with Crippen LogP contribution in [0.25, 0.3) is 12.2 Å². The van der Waals surface area contributed by atoms with E-state index in [9.17, 15) is 5.11 Å². The molecule has 0 unspecified atom stereocenters. The third-order valence-electron chi connectivity index (χ3n) is 4.24. The van der Waals surface area contributed by atoms with E-state index < -0.39 is 0 Å². The Morgan fingerprint density at radius 3 is 1.35 bits per heavy atom. The fourth-order valence-corrected chi connectivity index (χ4v) is 2.65. The summed E-state index contributed by atoms with van der Waals surface area (Å²) in [5.41, 5.74) is 8.44. The number of nitrogens with zero attached hydrogens (tertiary/aromatic N) is 1. The van der Waals surface area contributed by atoms with Gasteiger partial charge in [-0.05, 0) is 87.8 Å². The molecule has 2 rings (SSSR count). The summed E-state index contributed by atoms with van der Waals surface area (Å²) in [5.74, 6) is 0. The molecule has 0 fully saturated rings. The Morgan fingerprint density at radius 1 is 0.677 bits per heavy atom. The molecule has 0 aliphatic rings. The monoisotopic (exact) mass is 504 g/mol. The Morgan fingerprint density at radius 2 is 1.03 bits per heavy atom. The van der Waals surface area contributed by atoms with Crippen LogP contribution in [0.3, 0.4) is 0 Å². The number of aliphatic hydroxyl groups is 1. The molecule has 0 aromatic heterocycles. The van der Waals surface area contributed by atoms with Crippen molar-refractivity contribution in [2.45, 2.75) is 75.8 Å². The summed E-state index contributed by atoms with van der Waals surface area (Å²) >= 11 is 0. The minimum atomic E-state index is 0. The van der Waals surface area contributed by atoms with Crippen LogP contribution in [0.5, 0.6) is 0 Å². The Labute approximate surface area is 220 Å². The first-order valence-electron chi connectivity index (χ1n) is 11.3. The summed E-state index contributed by atoms with van der Waals surface area (Å²) in [7, 11) is 6.00. The van der Waals surface area contributed by atoms with Gasteiger partial charge in [-0.1, -0.05) is 84.0 Å². The third kappa shape index (κ3) is 14.8. The van der Waals surface area contributed by atoms with Crippen LogP contribution < -0.4 is 0 Å². The summed E-state index contributed by atoms with van der Waals surface area (Å²) in [4.78, 5) is 2.00. The van der Waals surface area contributed by atoms with Gasteiger partial charge >= 0.3 is 0 Å². The molecular formula is C28H49NOY. The van der Waals surface area contributed by atoms with Crippen molar-refractivity contribution in [3.63, 3.8) is 0 Å². The third-order valence-corrected chi connectivity index (χ3v) is 4.24. The number of benzene rings is 2. The molecule has 0 atom stereocenters. The van der Waals surface area contributed by atoms with Crippen molar-refractivity contribution < 1.29 is 37.8 Å². The zero-order valence-corrected chi connectivity index (χ0v) is 25.6. The van der Waals surface area contributed by atoms with E-state index in [2.05, 4.69) is 52.0 Å². The van der Waals surface area contributed by atoms with Crippen molar-refractivity contribution in [3.05, 3.63) is 69.3 Å². The fourth-order valence-electron chi connectivity index (χ4n) is 2.65. The second-order valence-electron chi connectivity index (χ2n) is 6.64. The van der Waals surface area contributed by atoms with Crippen molar-refractivity contribution >= 4 is 12.2 Å². The van der Waals surface area contributed by atoms with E-state index in [0.717, 1.165) is 5.56 Å². The normalized spacial score (nSPS) is 9.00. The van der Waals surface area contributed by atoms with Gasteiger partial charge in [0.2, 0.25) is 0 Å². The predicted molar refractivity (Wildman–Crippen MR) is 140 cm³/mol. The van der Waals surface area contributed by atoms with Gasteiger partial charge in [-0.15, -0.1) is 0 Å². The largest absolute Gasteiger partial charge is 0.392 e. The van der Waals surface area contributed by atoms with Crippen molar-refractivity contribution in [3.8, 4) is 0 Å². The predicted octanol–water partition coefficient (Wildman–Crippen LogP) is 7.84. The van der Waals surface area contributed by atoms with Crippen LogP contribution in [0.4, 0.5) is 0 Å². The second-order valence-corrected chi connectivity index (χ2v) is 6.64. The molecule has 0 aliphatic carbocycles. The Balaban J connectivity index is -0.000000287. The van der Waals surface area contributed by atoms with E-state index >= 15 is 0 Å². The topological polar surface area (TPSA) is 23.5 Å². The molecule has 0 bridgehead atoms. The first-order chi connectivity index (χ1) is 14.3. The van der Waals surface area contributed by atoms with Crippen molar-refractivity contribution in [2.75, 3.05) is 21.1 Å². The second kappa shape index (κ2) is 23.9. The minimum absolute atomic E-state index is 0. The van der Waals surface area contributed by atoms with Gasteiger partial charge < -0.3 is 10.0 Å². The van der Waals surface area contributed by atoms with Crippen molar-refractivity contribution in [1.29, 1.82) is 0 Å². The van der Waals surface area contributed by atoms with Gasteiger partial charge in [0.25, 0.3) is 0 Å². The minimum Gasteiger partial charge on any atom is -0.392 e. The van der Waals surface area contributed by atoms with Crippen LogP contribution in [-0.4, -0.2) is 31.1 Å². The fraction of sp³-hybridized carbons (Fsp3) is 0.500. The zero-order chi connectivity index (χ0) is 24.3. The SMILES string of the molecule is CC.CC.CC.CN(C)C.Cc1c(C)c(CO)c(C)c(C)c1/C=C/c1ccccc1.[Y]. The molecule has 175 valence electrons. The molecule has 2 aromatic carbocycles. The quantitative estimate of drug-likeness (QED) is 0.431. The van der Waals surface area contributed by atoms with Gasteiger partial charge in [-0.2, -0.15) is 0 Å². The average molecular weight is 505 g/mol. The maximum atomic E-state index is 9.53. The Kier molecular flexibility index (Phi) is 28.9. The number of aliphatic hydroxyl groups excluding tert-OH is 1. The van der Waals surface area contributed by atoms with E-state index in [-0.39, 0.29) is 39.3 Å². The maximum Gasteiger partial charge on any atom is 0.0687 e. The van der Waals surface area contributed by atoms with E-state index in [1.807, 2.05) is 85.8 Å². The van der Waals surface area contributed by atoms with E-state index in [4.69, 9.17) is 0 Å². The molecule has 31 heavy (non-hydrogen) atoms. The van der Waals surface area contributed by atoms with Crippen molar-refractivity contribution in [2.24, 2.45) is 0 Å². The standard InChI is InChI=1S/C19H22O.C3H9N.3C2H6.Y/c1-13-15(3)19(12-20)16(4)14(2)18(13)11-10-17-8-6-5-7-9-17;1-4(2)3;3*1-2;/h5-11,20H,12H2,1-4H3;1-3H3;3*1-2H3;/b11-10+;;;;;. The smallest absolute Gasteiger partial charge is 0.0687 e. The van der Waals surface area contributed by atoms with Crippen LogP contribution in [0, 0.1) is 27.7 Å². The summed E-state index contributed by atoms with van der Waals surface area (Å²) in [6.45, 7) is 20.6. The maximum absolute atomic E-state index is 9.53. The number of rotatable bonds is 3. The van der Waals surface area contributed by atoms with Gasteiger partial charge in [0.15, 0.2) is 0 Å². The van der Waals surface area contributed by atoms with Gasteiger partial charge in [0, 0.05) is 32.7 Å². The molecule has 3 heteroatoms. The number of hydrogen-bond donors (Lipinski definition) is 1. The molecule has 1 N–H and O–H groups in total. The average Bonchev–Trinajstić information content (AvgIpc) is 2.77. The molecule has 2 aromatic rings. The van der Waals surface area contributed by atoms with Gasteiger partial charge in [-0.3, -0.25) is 0 Å². The molecular weight excluding hydrogens is 455 g/mol. The van der Waals surface area contributed by atoms with E-state index in [1.54, 1.807) is 0 Å². The van der Waals surface area contributed by atoms with E-state index in [0.29, 0.717) is 0 Å². The first kappa shape index (κ1) is 37.5. The molecule has 0 aliphatic heterocycles. The zero-order valence-electron chi connectivity index (χ0n) is 22.7. The molecule has 0 saturated heterocycles. The van der Waals surface area contributed by atoms with Crippen LogP contribution in [0.1, 0.15) is 80.5 Å². The van der Waals surface area contributed by atoms with Crippen LogP contribution >= 0.6 is 0 Å². The molecule has 0 heterocycles. The van der Waals surface area contributed by atoms with Crippen molar-refractivity contribution in [1.82, 2.24) is 4.90 Å².